The van der Waals surface area contributed by atoms with Gasteiger partial charge < -0.3 is 14.0 Å². The molecule has 1 radical (unpaired) electrons. The number of imidazole rings is 1. The maximum absolute atomic E-state index is 14.0. The minimum Gasteiger partial charge on any atom is -0.501 e. The summed E-state index contributed by atoms with van der Waals surface area (Å²) < 4.78 is 66.1. The summed E-state index contributed by atoms with van der Waals surface area (Å²) in [6.45, 7) is 4.31. The van der Waals surface area contributed by atoms with E-state index in [1.54, 1.807) is 0 Å². The van der Waals surface area contributed by atoms with Crippen LogP contribution in [0.4, 0.5) is 4.39 Å². The van der Waals surface area contributed by atoms with Gasteiger partial charge in [-0.05, 0) is 59.3 Å². The first-order valence-corrected chi connectivity index (χ1v) is 18.2. The van der Waals surface area contributed by atoms with E-state index in [0.717, 1.165) is 62.4 Å². The third-order valence-electron chi connectivity index (χ3n) is 9.63. The van der Waals surface area contributed by atoms with Crippen LogP contribution in [-0.4, -0.2) is 19.5 Å². The average molecular weight is 919 g/mol. The molecular weight excluding hydrogens is 872 g/mol. The Hall–Kier alpha value is -5.75. The number of hydrogen-bond donors (Lipinski definition) is 0. The maximum Gasteiger partial charge on any atom is 0.168 e. The summed E-state index contributed by atoms with van der Waals surface area (Å²) in [5.74, 6) is 0.660. The summed E-state index contributed by atoms with van der Waals surface area (Å²) in [6.07, 6.45) is 1.15. The quantitative estimate of drug-likeness (QED) is 0.156. The first kappa shape index (κ1) is 31.5. The van der Waals surface area contributed by atoms with Gasteiger partial charge in [-0.3, -0.25) is 9.37 Å². The van der Waals surface area contributed by atoms with Crippen molar-refractivity contribution in [3.63, 3.8) is 0 Å². The fourth-order valence-electron chi connectivity index (χ4n) is 6.96. The number of aryl methyl sites for hydroxylation is 2. The number of fused-ring (bicyclic) bond motifs is 4. The van der Waals surface area contributed by atoms with Crippen LogP contribution >= 0.6 is 0 Å². The fraction of sp³-hybridized carbons (Fsp3) is 0.163. The molecule has 9 aromatic rings. The molecule has 0 aliphatic carbocycles. The molecule has 281 valence electrons. The van der Waals surface area contributed by atoms with Gasteiger partial charge in [0.15, 0.2) is 5.65 Å². The predicted octanol–water partition coefficient (Wildman–Crippen LogP) is 13.0. The molecule has 4 aromatic heterocycles. The van der Waals surface area contributed by atoms with Gasteiger partial charge in [0.2, 0.25) is 0 Å². The van der Waals surface area contributed by atoms with Crippen LogP contribution in [0.5, 0.6) is 0 Å². The topological polar surface area (TPSA) is 56.7 Å². The van der Waals surface area contributed by atoms with Gasteiger partial charge in [0.25, 0.3) is 0 Å². The van der Waals surface area contributed by atoms with Crippen molar-refractivity contribution in [2.45, 2.75) is 53.2 Å². The molecule has 9 rings (SSSR count). The number of furan rings is 1. The Morgan fingerprint density at radius 1 is 0.714 bits per heavy atom. The van der Waals surface area contributed by atoms with Crippen LogP contribution in [0.15, 0.2) is 132 Å². The van der Waals surface area contributed by atoms with Gasteiger partial charge in [-0.2, -0.15) is 0 Å². The van der Waals surface area contributed by atoms with Gasteiger partial charge in [0.05, 0.1) is 22.6 Å². The minimum absolute atomic E-state index is 0. The van der Waals surface area contributed by atoms with E-state index in [0.29, 0.717) is 17.5 Å². The molecule has 0 saturated carbocycles. The Kier molecular flexibility index (Phi) is 9.07. The Labute approximate surface area is 349 Å². The second-order valence-electron chi connectivity index (χ2n) is 14.0. The maximum atomic E-state index is 14.0. The molecule has 0 atom stereocenters. The fourth-order valence-corrected chi connectivity index (χ4v) is 6.96. The molecule has 5 aromatic carbocycles. The van der Waals surface area contributed by atoms with E-state index in [4.69, 9.17) is 22.6 Å². The number of aromatic nitrogens is 4. The zero-order valence-electron chi connectivity index (χ0n) is 37.2. The summed E-state index contributed by atoms with van der Waals surface area (Å²) in [7, 11) is 0. The van der Waals surface area contributed by atoms with Gasteiger partial charge in [0.1, 0.15) is 5.58 Å². The molecule has 0 N–H and O–H groups in total. The zero-order valence-corrected chi connectivity index (χ0v) is 33.6. The molecular formula is C49H41FIrN4O-2. The van der Waals surface area contributed by atoms with Crippen LogP contribution in [0.3, 0.4) is 0 Å². The van der Waals surface area contributed by atoms with Gasteiger partial charge in [-0.1, -0.05) is 130 Å². The largest absolute Gasteiger partial charge is 0.501 e. The van der Waals surface area contributed by atoms with E-state index in [1.807, 2.05) is 42.5 Å². The number of nitrogens with zero attached hydrogens (tertiary/aromatic N) is 4. The summed E-state index contributed by atoms with van der Waals surface area (Å²) in [5.41, 5.74) is 9.91. The van der Waals surface area contributed by atoms with Crippen LogP contribution in [0.25, 0.3) is 72.7 Å². The van der Waals surface area contributed by atoms with E-state index in [-0.39, 0.29) is 42.5 Å². The molecule has 0 aliphatic heterocycles. The van der Waals surface area contributed by atoms with Crippen molar-refractivity contribution in [3.05, 3.63) is 168 Å². The van der Waals surface area contributed by atoms with Crippen molar-refractivity contribution in [2.75, 3.05) is 0 Å². The van der Waals surface area contributed by atoms with Crippen LogP contribution in [0.2, 0.25) is 0 Å². The van der Waals surface area contributed by atoms with Crippen molar-refractivity contribution in [2.24, 2.45) is 0 Å². The van der Waals surface area contributed by atoms with Crippen molar-refractivity contribution >= 4 is 33.1 Å². The van der Waals surface area contributed by atoms with Crippen LogP contribution < -0.4 is 0 Å². The van der Waals surface area contributed by atoms with Gasteiger partial charge in [-0.15, -0.1) is 42.0 Å². The predicted molar refractivity (Wildman–Crippen MR) is 222 cm³/mol. The molecule has 0 unspecified atom stereocenters. The van der Waals surface area contributed by atoms with E-state index in [1.165, 1.54) is 35.0 Å². The molecule has 4 heterocycles. The van der Waals surface area contributed by atoms with E-state index >= 15 is 0 Å². The first-order chi connectivity index (χ1) is 29.1. The van der Waals surface area contributed by atoms with E-state index in [2.05, 4.69) is 104 Å². The summed E-state index contributed by atoms with van der Waals surface area (Å²) >= 11 is 0. The minimum atomic E-state index is -2.41. The number of hydrogen-bond acceptors (Lipinski definition) is 4. The molecule has 0 aliphatic rings. The zero-order chi connectivity index (χ0) is 43.2. The van der Waals surface area contributed by atoms with Crippen molar-refractivity contribution < 1.29 is 37.1 Å². The van der Waals surface area contributed by atoms with Crippen LogP contribution in [0.1, 0.15) is 70.0 Å². The van der Waals surface area contributed by atoms with Crippen molar-refractivity contribution in [1.82, 2.24) is 19.5 Å². The van der Waals surface area contributed by atoms with Crippen LogP contribution in [0, 0.1) is 31.7 Å². The summed E-state index contributed by atoms with van der Waals surface area (Å²) in [5, 5.41) is 2.15. The Balaban J connectivity index is 0.000000223. The number of para-hydroxylation sites is 2. The van der Waals surface area contributed by atoms with Crippen LogP contribution in [-0.2, 0) is 20.1 Å². The molecule has 56 heavy (non-hydrogen) atoms. The normalized spacial score (nSPS) is 13.3. The smallest absolute Gasteiger partial charge is 0.168 e. The summed E-state index contributed by atoms with van der Waals surface area (Å²) in [4.78, 5) is 14.2. The SMILES string of the molecule is CC(C)c1cccc(C(C)C)c1-n1c(-c2[c-]ccc3c2oc2ccccc23)nc2nc(-c3ccccc3)ccc21.[2H]C([2H])([2H])c1ccc(-c2[c-]cc(C([2H])([2H])[2H])cc2F)nc1.[Ir]. The third-order valence-corrected chi connectivity index (χ3v) is 9.63. The third kappa shape index (κ3) is 7.33. The Bertz CT molecular complexity index is 3000. The molecule has 0 amide bonds. The molecule has 0 fully saturated rings. The molecule has 5 nitrogen and oxygen atoms in total. The number of pyridine rings is 2. The molecule has 7 heteroatoms. The Morgan fingerprint density at radius 3 is 2.14 bits per heavy atom. The second kappa shape index (κ2) is 16.2. The van der Waals surface area contributed by atoms with Crippen molar-refractivity contribution in [3.8, 4) is 39.6 Å². The monoisotopic (exact) mass is 919 g/mol. The Morgan fingerprint density at radius 2 is 1.45 bits per heavy atom. The number of rotatable bonds is 6. The van der Waals surface area contributed by atoms with Gasteiger partial charge in [-0.25, -0.2) is 4.98 Å². The molecule has 0 saturated heterocycles. The second-order valence-corrected chi connectivity index (χ2v) is 14.0. The van der Waals surface area contributed by atoms with Crippen molar-refractivity contribution in [1.29, 1.82) is 0 Å². The average Bonchev–Trinajstić information content (AvgIpc) is 3.81. The number of benzene rings is 5. The summed E-state index contributed by atoms with van der Waals surface area (Å²) in [6, 6.07) is 44.2. The molecule has 0 spiro atoms. The first-order valence-electron chi connectivity index (χ1n) is 21.2. The van der Waals surface area contributed by atoms with Gasteiger partial charge >= 0.3 is 0 Å². The van der Waals surface area contributed by atoms with Gasteiger partial charge in [0, 0.05) is 57.0 Å². The standard InChI is InChI=1S/C36H30N3O.C13H11FN.Ir/c1-22(2)25-15-10-16-26(23(3)4)33(25)39-31-21-20-30(24-12-6-5-7-13-24)37-35(31)38-36(39)29-18-11-17-28-27-14-8-9-19-32(27)40-34(28)29;1-9-3-5-11(12(14)7-9)13-6-4-10(2)8-15-13;/h5-17,19-23H,1-4H3;3-4,6-8H,1-2H3;/q2*-1;/i;1D3,2D3;. The van der Waals surface area contributed by atoms with E-state index in [9.17, 15) is 4.39 Å². The van der Waals surface area contributed by atoms with E-state index < -0.39 is 19.5 Å². The molecule has 0 bridgehead atoms. The number of halogens is 1.